The first kappa shape index (κ1) is 12.6. The van der Waals surface area contributed by atoms with Crippen LogP contribution in [-0.4, -0.2) is 17.2 Å². The summed E-state index contributed by atoms with van der Waals surface area (Å²) in [4.78, 5) is 9.70. The van der Waals surface area contributed by atoms with Crippen molar-refractivity contribution < 1.29 is 44.6 Å². The second-order valence-electron chi connectivity index (χ2n) is 1.59. The molecular formula is C5H6NNaO3. The van der Waals surface area contributed by atoms with E-state index in [0.717, 1.165) is 0 Å². The average molecular weight is 151 g/mol. The summed E-state index contributed by atoms with van der Waals surface area (Å²) in [5.41, 5.74) is 0. The molecule has 0 spiro atoms. The van der Waals surface area contributed by atoms with Gasteiger partial charge in [-0.05, 0) is 0 Å². The maximum absolute atomic E-state index is 9.70. The second-order valence-corrected chi connectivity index (χ2v) is 1.59. The van der Waals surface area contributed by atoms with Gasteiger partial charge in [-0.3, -0.25) is 0 Å². The van der Waals surface area contributed by atoms with Crippen molar-refractivity contribution in [2.24, 2.45) is 0 Å². The van der Waals surface area contributed by atoms with E-state index in [0.29, 0.717) is 0 Å². The van der Waals surface area contributed by atoms with E-state index in [4.69, 9.17) is 10.4 Å². The molecule has 5 heteroatoms. The molecule has 50 valence electrons. The van der Waals surface area contributed by atoms with Crippen molar-refractivity contribution in [3.05, 3.63) is 0 Å². The van der Waals surface area contributed by atoms with Crippen LogP contribution in [0.15, 0.2) is 0 Å². The SMILES string of the molecule is N#CC[C@@H](O)CC(=O)[O-].[Na+]. The Balaban J connectivity index is 0. The number of rotatable bonds is 3. The third-order valence-corrected chi connectivity index (χ3v) is 0.729. The fourth-order valence-electron chi connectivity index (χ4n) is 0.370. The van der Waals surface area contributed by atoms with Crippen LogP contribution in [0.1, 0.15) is 12.8 Å². The Hall–Kier alpha value is -0.0800. The zero-order valence-corrected chi connectivity index (χ0v) is 7.70. The largest absolute Gasteiger partial charge is 1.00 e. The zero-order chi connectivity index (χ0) is 7.28. The summed E-state index contributed by atoms with van der Waals surface area (Å²) in [6, 6.07) is 1.63. The summed E-state index contributed by atoms with van der Waals surface area (Å²) >= 11 is 0. The molecule has 0 rings (SSSR count). The Morgan fingerprint density at radius 3 is 2.60 bits per heavy atom. The Morgan fingerprint density at radius 1 is 1.80 bits per heavy atom. The maximum Gasteiger partial charge on any atom is 1.00 e. The van der Waals surface area contributed by atoms with E-state index in [1.807, 2.05) is 0 Å². The van der Waals surface area contributed by atoms with Crippen LogP contribution in [0.2, 0.25) is 0 Å². The Kier molecular flexibility index (Phi) is 8.85. The molecular weight excluding hydrogens is 145 g/mol. The minimum absolute atomic E-state index is 0. The van der Waals surface area contributed by atoms with E-state index in [2.05, 4.69) is 0 Å². The van der Waals surface area contributed by atoms with Gasteiger partial charge in [0.05, 0.1) is 18.6 Å². The van der Waals surface area contributed by atoms with Crippen LogP contribution in [0.25, 0.3) is 0 Å². The quantitative estimate of drug-likeness (QED) is 0.411. The summed E-state index contributed by atoms with van der Waals surface area (Å²) in [6.45, 7) is 0. The minimum Gasteiger partial charge on any atom is -0.550 e. The number of carbonyl (C=O) groups is 1. The summed E-state index contributed by atoms with van der Waals surface area (Å²) in [5.74, 6) is -1.34. The number of aliphatic hydroxyl groups is 1. The van der Waals surface area contributed by atoms with Crippen molar-refractivity contribution in [1.29, 1.82) is 5.26 Å². The van der Waals surface area contributed by atoms with Gasteiger partial charge < -0.3 is 15.0 Å². The molecule has 0 unspecified atom stereocenters. The molecule has 0 amide bonds. The van der Waals surface area contributed by atoms with Gasteiger partial charge in [0, 0.05) is 12.4 Å². The van der Waals surface area contributed by atoms with Gasteiger partial charge in [-0.1, -0.05) is 0 Å². The van der Waals surface area contributed by atoms with Crippen molar-refractivity contribution in [2.45, 2.75) is 18.9 Å². The number of nitriles is 1. The van der Waals surface area contributed by atoms with Gasteiger partial charge >= 0.3 is 29.6 Å². The third-order valence-electron chi connectivity index (χ3n) is 0.729. The molecule has 10 heavy (non-hydrogen) atoms. The molecule has 0 aromatic heterocycles. The van der Waals surface area contributed by atoms with Gasteiger partial charge in [0.15, 0.2) is 0 Å². The molecule has 4 nitrogen and oxygen atoms in total. The van der Waals surface area contributed by atoms with Crippen LogP contribution in [0.4, 0.5) is 0 Å². The van der Waals surface area contributed by atoms with Gasteiger partial charge in [-0.2, -0.15) is 5.26 Å². The number of carboxylic acids is 1. The smallest absolute Gasteiger partial charge is 0.550 e. The minimum atomic E-state index is -1.34. The van der Waals surface area contributed by atoms with Crippen LogP contribution >= 0.6 is 0 Å². The van der Waals surface area contributed by atoms with E-state index in [9.17, 15) is 9.90 Å². The van der Waals surface area contributed by atoms with Crippen LogP contribution in [0.5, 0.6) is 0 Å². The van der Waals surface area contributed by atoms with Crippen LogP contribution in [0, 0.1) is 11.3 Å². The standard InChI is InChI=1S/C5H7NO3.Na/c6-2-1-4(7)3-5(8)9;/h4,7H,1,3H2,(H,8,9);/q;+1/p-1/t4-;/m1./s1. The van der Waals surface area contributed by atoms with Gasteiger partial charge in [-0.25, -0.2) is 0 Å². The molecule has 0 saturated heterocycles. The average Bonchev–Trinajstić information content (AvgIpc) is 1.63. The molecule has 0 heterocycles. The van der Waals surface area contributed by atoms with E-state index in [-0.39, 0.29) is 36.0 Å². The van der Waals surface area contributed by atoms with Crippen molar-refractivity contribution in [1.82, 2.24) is 0 Å². The Bertz CT molecular complexity index is 142. The zero-order valence-electron chi connectivity index (χ0n) is 5.70. The van der Waals surface area contributed by atoms with Gasteiger partial charge in [-0.15, -0.1) is 0 Å². The topological polar surface area (TPSA) is 84.1 Å². The second kappa shape index (κ2) is 7.03. The number of carboxylic acid groups (broad SMARTS) is 1. The molecule has 0 aliphatic heterocycles. The fourth-order valence-corrected chi connectivity index (χ4v) is 0.370. The third kappa shape index (κ3) is 7.92. The van der Waals surface area contributed by atoms with E-state index in [1.54, 1.807) is 6.07 Å². The predicted molar refractivity (Wildman–Crippen MR) is 25.9 cm³/mol. The van der Waals surface area contributed by atoms with Crippen molar-refractivity contribution in [3.63, 3.8) is 0 Å². The van der Waals surface area contributed by atoms with Gasteiger partial charge in [0.2, 0.25) is 0 Å². The number of hydrogen-bond acceptors (Lipinski definition) is 4. The molecule has 0 aliphatic rings. The van der Waals surface area contributed by atoms with E-state index >= 15 is 0 Å². The van der Waals surface area contributed by atoms with Crippen molar-refractivity contribution in [2.75, 3.05) is 0 Å². The maximum atomic E-state index is 9.70. The fraction of sp³-hybridized carbons (Fsp3) is 0.600. The summed E-state index contributed by atoms with van der Waals surface area (Å²) < 4.78 is 0. The first-order chi connectivity index (χ1) is 4.16. The van der Waals surface area contributed by atoms with Crippen LogP contribution in [0.3, 0.4) is 0 Å². The molecule has 0 fully saturated rings. The molecule has 0 saturated carbocycles. The number of aliphatic hydroxyl groups excluding tert-OH is 1. The monoisotopic (exact) mass is 151 g/mol. The van der Waals surface area contributed by atoms with E-state index in [1.165, 1.54) is 0 Å². The number of nitrogens with zero attached hydrogens (tertiary/aromatic N) is 1. The summed E-state index contributed by atoms with van der Waals surface area (Å²) in [7, 11) is 0. The van der Waals surface area contributed by atoms with Crippen molar-refractivity contribution in [3.8, 4) is 6.07 Å². The first-order valence-electron chi connectivity index (χ1n) is 2.41. The molecule has 0 aromatic rings. The van der Waals surface area contributed by atoms with Crippen LogP contribution in [-0.2, 0) is 4.79 Å². The molecule has 0 aliphatic carbocycles. The van der Waals surface area contributed by atoms with E-state index < -0.39 is 18.5 Å². The predicted octanol–water partition coefficient (Wildman–Crippen LogP) is -4.60. The molecule has 0 aromatic carbocycles. The van der Waals surface area contributed by atoms with Crippen molar-refractivity contribution >= 4 is 5.97 Å². The summed E-state index contributed by atoms with van der Waals surface area (Å²) in [6.07, 6.45) is -1.71. The molecule has 1 N–H and O–H groups in total. The first-order valence-corrected chi connectivity index (χ1v) is 2.41. The normalized spacial score (nSPS) is 10.8. The number of aliphatic carboxylic acids is 1. The molecule has 1 atom stereocenters. The molecule has 0 bridgehead atoms. The van der Waals surface area contributed by atoms with Crippen LogP contribution < -0.4 is 34.7 Å². The number of carbonyl (C=O) groups excluding carboxylic acids is 1. The Morgan fingerprint density at radius 2 is 2.30 bits per heavy atom. The Labute approximate surface area is 80.8 Å². The number of hydrogen-bond donors (Lipinski definition) is 1. The van der Waals surface area contributed by atoms with Gasteiger partial charge in [0.1, 0.15) is 0 Å². The summed E-state index contributed by atoms with van der Waals surface area (Å²) in [5, 5.41) is 26.2. The van der Waals surface area contributed by atoms with Gasteiger partial charge in [0.25, 0.3) is 0 Å². The molecule has 0 radical (unpaired) electrons.